The first-order chi connectivity index (χ1) is 27.6. The molecule has 1 unspecified atom stereocenters. The van der Waals surface area contributed by atoms with Crippen molar-refractivity contribution in [3.05, 3.63) is 95.7 Å². The third-order valence-electron chi connectivity index (χ3n) is 12.3. The van der Waals surface area contributed by atoms with Crippen molar-refractivity contribution in [2.45, 2.75) is 76.3 Å². The van der Waals surface area contributed by atoms with Crippen LogP contribution in [0.4, 0.5) is 15.8 Å². The zero-order valence-corrected chi connectivity index (χ0v) is 32.0. The minimum atomic E-state index is -0.829. The summed E-state index contributed by atoms with van der Waals surface area (Å²) in [5.41, 5.74) is 6.49. The molecule has 6 heterocycles. The molecule has 4 aliphatic heterocycles. The van der Waals surface area contributed by atoms with E-state index in [2.05, 4.69) is 61.1 Å². The van der Waals surface area contributed by atoms with E-state index in [0.717, 1.165) is 59.6 Å². The Hall–Kier alpha value is -6.18. The number of nitrogens with zero attached hydrogens (tertiary/aromatic N) is 7. The zero-order valence-electron chi connectivity index (χ0n) is 32.0. The van der Waals surface area contributed by atoms with Gasteiger partial charge in [0.25, 0.3) is 0 Å². The third kappa shape index (κ3) is 6.46. The quantitative estimate of drug-likeness (QED) is 0.197. The number of carbonyl (C=O) groups is 4. The van der Waals surface area contributed by atoms with Gasteiger partial charge in [0.15, 0.2) is 5.82 Å². The van der Waals surface area contributed by atoms with E-state index in [-0.39, 0.29) is 36.4 Å². The van der Waals surface area contributed by atoms with Crippen molar-refractivity contribution in [2.24, 2.45) is 0 Å². The topological polar surface area (TPSA) is 149 Å². The van der Waals surface area contributed by atoms with E-state index < -0.39 is 17.4 Å². The van der Waals surface area contributed by atoms with Gasteiger partial charge in [-0.15, -0.1) is 5.10 Å². The number of amides is 4. The molecule has 2 N–H and O–H groups in total. The predicted molar refractivity (Wildman–Crippen MR) is 213 cm³/mol. The second-order valence-corrected chi connectivity index (χ2v) is 16.0. The second-order valence-electron chi connectivity index (χ2n) is 16.0. The minimum absolute atomic E-state index is 0.0104. The molecule has 292 valence electrons. The number of nitrogens with one attached hydrogen (secondary N) is 2. The molecule has 5 aromatic rings. The van der Waals surface area contributed by atoms with Crippen molar-refractivity contribution < 1.29 is 23.6 Å². The average molecular weight is 770 g/mol. The summed E-state index contributed by atoms with van der Waals surface area (Å²) >= 11 is 0. The van der Waals surface area contributed by atoms with E-state index in [1.165, 1.54) is 5.56 Å². The number of aromatic amines is 1. The Kier molecular flexibility index (Phi) is 9.21. The minimum Gasteiger partial charge on any atom is -0.371 e. The predicted octanol–water partition coefficient (Wildman–Crippen LogP) is 5.48. The van der Waals surface area contributed by atoms with Crippen LogP contribution in [0.3, 0.4) is 0 Å². The van der Waals surface area contributed by atoms with Gasteiger partial charge in [0.1, 0.15) is 11.6 Å². The van der Waals surface area contributed by atoms with Gasteiger partial charge in [0.05, 0.1) is 30.0 Å². The van der Waals surface area contributed by atoms with Gasteiger partial charge in [-0.05, 0) is 85.9 Å². The van der Waals surface area contributed by atoms with Crippen molar-refractivity contribution in [1.29, 1.82) is 0 Å². The second kappa shape index (κ2) is 14.4. The summed E-state index contributed by atoms with van der Waals surface area (Å²) < 4.78 is 17.7. The molecular formula is C43H44FN9O4. The highest BCUT2D eigenvalue weighted by molar-refractivity contribution is 6.14. The maximum absolute atomic E-state index is 16.1. The van der Waals surface area contributed by atoms with Crippen molar-refractivity contribution in [2.75, 3.05) is 36.0 Å². The SMILES string of the molecule is CC1(C)C(=O)N(C2CCC(=O)NC2=O)c2cccc(N3CCC(c4ccc(-c5cc(C6=CCCN(C(=O)CCn7ccnn7)C6)c(F)c6[nH]ncc56)cc4)CC3)c21. The number of aromatic nitrogens is 5. The lowest BCUT2D eigenvalue weighted by Gasteiger charge is -2.36. The Bertz CT molecular complexity index is 2430. The molecule has 1 atom stereocenters. The lowest BCUT2D eigenvalue weighted by atomic mass is 9.83. The molecule has 14 heteroatoms. The van der Waals surface area contributed by atoms with Crippen LogP contribution in [-0.4, -0.2) is 85.9 Å². The molecule has 3 aromatic carbocycles. The number of fused-ring (bicyclic) bond motifs is 2. The van der Waals surface area contributed by atoms with Crippen LogP contribution in [0.1, 0.15) is 75.0 Å². The molecule has 57 heavy (non-hydrogen) atoms. The summed E-state index contributed by atoms with van der Waals surface area (Å²) in [6.45, 7) is 6.78. The number of halogens is 1. The number of piperidine rings is 2. The molecule has 0 bridgehead atoms. The summed E-state index contributed by atoms with van der Waals surface area (Å²) in [7, 11) is 0. The van der Waals surface area contributed by atoms with E-state index in [9.17, 15) is 19.2 Å². The highest BCUT2D eigenvalue weighted by Crippen LogP contribution is 2.49. The Morgan fingerprint density at radius 1 is 0.982 bits per heavy atom. The normalized spacial score (nSPS) is 19.9. The van der Waals surface area contributed by atoms with Crippen LogP contribution in [0, 0.1) is 5.82 Å². The van der Waals surface area contributed by atoms with Crippen molar-refractivity contribution in [3.63, 3.8) is 0 Å². The smallest absolute Gasteiger partial charge is 0.249 e. The number of rotatable bonds is 8. The maximum Gasteiger partial charge on any atom is 0.249 e. The lowest BCUT2D eigenvalue weighted by Crippen LogP contribution is -2.55. The Labute approximate surface area is 328 Å². The monoisotopic (exact) mass is 769 g/mol. The first kappa shape index (κ1) is 36.5. The summed E-state index contributed by atoms with van der Waals surface area (Å²) in [6.07, 6.45) is 10.3. The fourth-order valence-electron chi connectivity index (χ4n) is 9.20. The van der Waals surface area contributed by atoms with E-state index in [0.29, 0.717) is 54.9 Å². The standard InChI is InChI=1S/C43H44FN9O4/c1-43(2)38-33(6-3-7-34(38)53(42(43)57)35-12-13-36(54)47-41(35)56)50-19-14-27(15-20-50)26-8-10-28(11-9-26)30-23-31(39(44)40-32(30)24-46-48-40)29-5-4-18-51(25-29)37(55)16-21-52-22-17-45-49-52/h3,5-11,17,22-24,27,35H,4,12-16,18-21,25H2,1-2H3,(H,46,48)(H,47,54,56). The molecule has 0 radical (unpaired) electrons. The molecule has 2 aromatic heterocycles. The summed E-state index contributed by atoms with van der Waals surface area (Å²) in [4.78, 5) is 57.5. The van der Waals surface area contributed by atoms with Crippen LogP contribution in [-0.2, 0) is 31.1 Å². The van der Waals surface area contributed by atoms with Crippen molar-refractivity contribution in [1.82, 2.24) is 35.4 Å². The van der Waals surface area contributed by atoms with Crippen LogP contribution < -0.4 is 15.1 Å². The molecular weight excluding hydrogens is 726 g/mol. The first-order valence-electron chi connectivity index (χ1n) is 19.7. The summed E-state index contributed by atoms with van der Waals surface area (Å²) in [6, 6.07) is 15.7. The number of carbonyl (C=O) groups excluding carboxylic acids is 4. The molecule has 13 nitrogen and oxygen atoms in total. The van der Waals surface area contributed by atoms with E-state index in [4.69, 9.17) is 0 Å². The fourth-order valence-corrected chi connectivity index (χ4v) is 9.20. The molecule has 4 amide bonds. The first-order valence-corrected chi connectivity index (χ1v) is 19.7. The fraction of sp³-hybridized carbons (Fsp3) is 0.372. The zero-order chi connectivity index (χ0) is 39.4. The van der Waals surface area contributed by atoms with Crippen molar-refractivity contribution >= 4 is 51.5 Å². The molecule has 0 aliphatic carbocycles. The van der Waals surface area contributed by atoms with Gasteiger partial charge in [0, 0.05) is 67.4 Å². The number of H-pyrrole nitrogens is 1. The molecule has 2 saturated heterocycles. The van der Waals surface area contributed by atoms with Crippen LogP contribution in [0.5, 0.6) is 0 Å². The largest absolute Gasteiger partial charge is 0.371 e. The van der Waals surface area contributed by atoms with Gasteiger partial charge in [-0.25, -0.2) is 4.39 Å². The number of benzene rings is 3. The van der Waals surface area contributed by atoms with Gasteiger partial charge in [-0.3, -0.25) is 39.2 Å². The number of aryl methyl sites for hydroxylation is 1. The van der Waals surface area contributed by atoms with Gasteiger partial charge in [-0.1, -0.05) is 41.6 Å². The number of hydrogen-bond acceptors (Lipinski definition) is 8. The van der Waals surface area contributed by atoms with Crippen LogP contribution in [0.25, 0.3) is 27.6 Å². The Balaban J connectivity index is 0.911. The number of anilines is 2. The maximum atomic E-state index is 16.1. The number of imide groups is 1. The van der Waals surface area contributed by atoms with Gasteiger partial charge >= 0.3 is 0 Å². The van der Waals surface area contributed by atoms with Gasteiger partial charge in [-0.2, -0.15) is 5.10 Å². The molecule has 4 aliphatic rings. The Morgan fingerprint density at radius 3 is 2.53 bits per heavy atom. The van der Waals surface area contributed by atoms with E-state index in [1.807, 2.05) is 38.1 Å². The summed E-state index contributed by atoms with van der Waals surface area (Å²) in [5, 5.41) is 17.9. The molecule has 2 fully saturated rings. The van der Waals surface area contributed by atoms with E-state index >= 15 is 4.39 Å². The van der Waals surface area contributed by atoms with Crippen LogP contribution in [0.15, 0.2) is 73.2 Å². The van der Waals surface area contributed by atoms with Crippen molar-refractivity contribution in [3.8, 4) is 11.1 Å². The average Bonchev–Trinajstić information content (AvgIpc) is 3.98. The summed E-state index contributed by atoms with van der Waals surface area (Å²) in [5.74, 6) is -0.909. The highest BCUT2D eigenvalue weighted by atomic mass is 19.1. The lowest BCUT2D eigenvalue weighted by molar-refractivity contribution is -0.136. The van der Waals surface area contributed by atoms with Gasteiger partial charge < -0.3 is 9.80 Å². The highest BCUT2D eigenvalue weighted by Gasteiger charge is 2.50. The molecule has 0 spiro atoms. The molecule has 9 rings (SSSR count). The van der Waals surface area contributed by atoms with Gasteiger partial charge in [0.2, 0.25) is 23.6 Å². The number of hydrogen-bond donors (Lipinski definition) is 2. The van der Waals surface area contributed by atoms with Crippen LogP contribution >= 0.6 is 0 Å². The van der Waals surface area contributed by atoms with E-state index in [1.54, 1.807) is 33.1 Å². The van der Waals surface area contributed by atoms with Crippen LogP contribution in [0.2, 0.25) is 0 Å². The Morgan fingerprint density at radius 2 is 1.77 bits per heavy atom. The third-order valence-corrected chi connectivity index (χ3v) is 12.3. The molecule has 0 saturated carbocycles.